The van der Waals surface area contributed by atoms with Gasteiger partial charge >= 0.3 is 5.97 Å². The number of carbonyl (C=O) groups is 1. The van der Waals surface area contributed by atoms with Gasteiger partial charge in [0.05, 0.1) is 18.2 Å². The van der Waals surface area contributed by atoms with Gasteiger partial charge in [-0.15, -0.1) is 21.5 Å². The van der Waals surface area contributed by atoms with E-state index in [0.29, 0.717) is 28.6 Å². The number of anilines is 1. The first-order chi connectivity index (χ1) is 18.2. The third-order valence-electron chi connectivity index (χ3n) is 6.71. The lowest BCUT2D eigenvalue weighted by Crippen LogP contribution is -2.21. The molecule has 0 bridgehead atoms. The molecule has 0 fully saturated rings. The third kappa shape index (κ3) is 4.48. The maximum absolute atomic E-state index is 14.0. The third-order valence-corrected chi connectivity index (χ3v) is 7.97. The number of thiophene rings is 1. The number of aliphatic hydroxyl groups is 1. The Kier molecular flexibility index (Phi) is 6.80. The number of hydrogen-bond acceptors (Lipinski definition) is 7. The van der Waals surface area contributed by atoms with Crippen molar-refractivity contribution < 1.29 is 23.8 Å². The summed E-state index contributed by atoms with van der Waals surface area (Å²) in [5.41, 5.74) is 4.03. The number of halogens is 2. The standard InChI is InChI=1S/C27H25F2N5O3S/c1-13-21(12-35)38-26-22(13)24(31-23(14(2)27(36)37)25-33-32-15(3)34(25)26)16-5-8-19(9-6-16)30-11-17-4-7-18(28)10-20(17)29/h4-10,14,23,30,35H,11-12H2,1-3H3,(H,36,37)/t14-,23?/m0/s1. The van der Waals surface area contributed by atoms with Crippen LogP contribution in [0, 0.1) is 31.4 Å². The van der Waals surface area contributed by atoms with Crippen molar-refractivity contribution in [3.63, 3.8) is 0 Å². The van der Waals surface area contributed by atoms with E-state index in [1.54, 1.807) is 13.8 Å². The van der Waals surface area contributed by atoms with Crippen LogP contribution in [0.15, 0.2) is 47.5 Å². The second-order valence-corrected chi connectivity index (χ2v) is 10.2. The number of nitrogens with one attached hydrogen (secondary N) is 1. The van der Waals surface area contributed by atoms with Gasteiger partial charge in [0, 0.05) is 39.9 Å². The zero-order chi connectivity index (χ0) is 27.1. The van der Waals surface area contributed by atoms with E-state index in [9.17, 15) is 23.8 Å². The number of nitrogens with zero attached hydrogens (tertiary/aromatic N) is 4. The van der Waals surface area contributed by atoms with Gasteiger partial charge in [-0.1, -0.05) is 18.2 Å². The highest BCUT2D eigenvalue weighted by molar-refractivity contribution is 7.15. The first-order valence-corrected chi connectivity index (χ1v) is 12.8. The number of aryl methyl sites for hydroxylation is 1. The average molecular weight is 538 g/mol. The monoisotopic (exact) mass is 537 g/mol. The summed E-state index contributed by atoms with van der Waals surface area (Å²) in [6, 6.07) is 10.0. The number of benzene rings is 2. The van der Waals surface area contributed by atoms with Crippen molar-refractivity contribution in [3.05, 3.63) is 92.9 Å². The highest BCUT2D eigenvalue weighted by atomic mass is 32.1. The molecule has 2 aromatic heterocycles. The number of aliphatic hydroxyl groups excluding tert-OH is 1. The van der Waals surface area contributed by atoms with Crippen LogP contribution in [0.1, 0.15) is 51.7 Å². The smallest absolute Gasteiger partial charge is 0.308 e. The highest BCUT2D eigenvalue weighted by Crippen LogP contribution is 2.41. The van der Waals surface area contributed by atoms with Crippen LogP contribution in [0.3, 0.4) is 0 Å². The maximum atomic E-state index is 14.0. The lowest BCUT2D eigenvalue weighted by atomic mass is 9.98. The van der Waals surface area contributed by atoms with E-state index in [0.717, 1.165) is 32.6 Å². The number of aliphatic imine (C=N–C) groups is 1. The minimum atomic E-state index is -1.00. The number of fused-ring (bicyclic) bond motifs is 3. The SMILES string of the molecule is Cc1c(CO)sc2c1C(c1ccc(NCc3ccc(F)cc3F)cc1)=NC([C@H](C)C(=O)O)c1nnc(C)n1-2. The van der Waals surface area contributed by atoms with Gasteiger partial charge in [0.25, 0.3) is 0 Å². The molecule has 2 aromatic carbocycles. The van der Waals surface area contributed by atoms with Crippen LogP contribution < -0.4 is 5.32 Å². The molecule has 1 unspecified atom stereocenters. The van der Waals surface area contributed by atoms with Crippen molar-refractivity contribution in [2.24, 2.45) is 10.9 Å². The summed E-state index contributed by atoms with van der Waals surface area (Å²) < 4.78 is 29.1. The Balaban J connectivity index is 1.57. The van der Waals surface area contributed by atoms with Crippen LogP contribution in [0.4, 0.5) is 14.5 Å². The number of aliphatic carboxylic acids is 1. The van der Waals surface area contributed by atoms with Gasteiger partial charge in [-0.3, -0.25) is 14.4 Å². The highest BCUT2D eigenvalue weighted by Gasteiger charge is 2.36. The quantitative estimate of drug-likeness (QED) is 0.308. The van der Waals surface area contributed by atoms with Gasteiger partial charge in [0.2, 0.25) is 0 Å². The number of hydrogen-bond donors (Lipinski definition) is 3. The second-order valence-electron chi connectivity index (χ2n) is 9.15. The molecular weight excluding hydrogens is 512 g/mol. The fourth-order valence-electron chi connectivity index (χ4n) is 4.51. The molecule has 0 radical (unpaired) electrons. The molecule has 1 aliphatic rings. The summed E-state index contributed by atoms with van der Waals surface area (Å²) in [7, 11) is 0. The normalized spacial score (nSPS) is 15.3. The first kappa shape index (κ1) is 25.7. The molecule has 2 atom stereocenters. The predicted molar refractivity (Wildman–Crippen MR) is 140 cm³/mol. The Bertz CT molecular complexity index is 1560. The van der Waals surface area contributed by atoms with Gasteiger partial charge in [0.15, 0.2) is 5.82 Å². The van der Waals surface area contributed by atoms with E-state index >= 15 is 0 Å². The number of carboxylic acids is 1. The Morgan fingerprint density at radius 1 is 1.16 bits per heavy atom. The lowest BCUT2D eigenvalue weighted by Gasteiger charge is -2.16. The molecule has 3 heterocycles. The Hall–Kier alpha value is -3.96. The summed E-state index contributed by atoms with van der Waals surface area (Å²) in [5.74, 6) is -2.10. The molecule has 8 nitrogen and oxygen atoms in total. The van der Waals surface area contributed by atoms with Crippen molar-refractivity contribution in [1.82, 2.24) is 14.8 Å². The van der Waals surface area contributed by atoms with Gasteiger partial charge in [-0.2, -0.15) is 0 Å². The summed E-state index contributed by atoms with van der Waals surface area (Å²) in [5, 5.41) is 32.2. The Labute approximate surface area is 221 Å². The van der Waals surface area contributed by atoms with Crippen molar-refractivity contribution >= 4 is 28.7 Å². The first-order valence-electron chi connectivity index (χ1n) is 11.9. The largest absolute Gasteiger partial charge is 0.481 e. The van der Waals surface area contributed by atoms with Crippen LogP contribution >= 0.6 is 11.3 Å². The fourth-order valence-corrected chi connectivity index (χ4v) is 5.73. The van der Waals surface area contributed by atoms with Crippen LogP contribution in [0.2, 0.25) is 0 Å². The molecule has 0 amide bonds. The molecule has 4 aromatic rings. The topological polar surface area (TPSA) is 113 Å². The van der Waals surface area contributed by atoms with Crippen molar-refractivity contribution in [2.75, 3.05) is 5.32 Å². The van der Waals surface area contributed by atoms with E-state index < -0.39 is 29.6 Å². The second kappa shape index (κ2) is 10.1. The van der Waals surface area contributed by atoms with E-state index in [1.807, 2.05) is 35.8 Å². The minimum Gasteiger partial charge on any atom is -0.481 e. The number of rotatable bonds is 7. The molecule has 11 heteroatoms. The van der Waals surface area contributed by atoms with E-state index in [4.69, 9.17) is 4.99 Å². The van der Waals surface area contributed by atoms with E-state index in [-0.39, 0.29) is 13.2 Å². The molecule has 0 spiro atoms. The molecule has 1 aliphatic heterocycles. The van der Waals surface area contributed by atoms with E-state index in [2.05, 4.69) is 15.5 Å². The summed E-state index contributed by atoms with van der Waals surface area (Å²) in [4.78, 5) is 17.7. The van der Waals surface area contributed by atoms with E-state index in [1.165, 1.54) is 23.5 Å². The van der Waals surface area contributed by atoms with Gasteiger partial charge in [-0.25, -0.2) is 8.78 Å². The van der Waals surface area contributed by atoms with Crippen LogP contribution in [-0.4, -0.2) is 36.7 Å². The molecule has 0 saturated carbocycles. The van der Waals surface area contributed by atoms with Crippen molar-refractivity contribution in [2.45, 2.75) is 40.0 Å². The van der Waals surface area contributed by atoms with Gasteiger partial charge < -0.3 is 15.5 Å². The van der Waals surface area contributed by atoms with Crippen molar-refractivity contribution in [3.8, 4) is 5.00 Å². The number of carboxylic acid groups (broad SMARTS) is 1. The van der Waals surface area contributed by atoms with Crippen LogP contribution in [0.5, 0.6) is 0 Å². The Morgan fingerprint density at radius 2 is 1.89 bits per heavy atom. The molecule has 0 saturated heterocycles. The molecule has 0 aliphatic carbocycles. The number of aromatic nitrogens is 3. The summed E-state index contributed by atoms with van der Waals surface area (Å²) in [6.45, 7) is 5.32. The maximum Gasteiger partial charge on any atom is 0.308 e. The van der Waals surface area contributed by atoms with Crippen LogP contribution in [-0.2, 0) is 17.9 Å². The zero-order valence-corrected chi connectivity index (χ0v) is 21.7. The molecule has 3 N–H and O–H groups in total. The molecule has 5 rings (SSSR count). The van der Waals surface area contributed by atoms with Crippen molar-refractivity contribution in [1.29, 1.82) is 0 Å². The Morgan fingerprint density at radius 3 is 2.55 bits per heavy atom. The average Bonchev–Trinajstić information content (AvgIpc) is 3.38. The molecule has 38 heavy (non-hydrogen) atoms. The minimum absolute atomic E-state index is 0.148. The molecular formula is C27H25F2N5O3S. The molecule has 196 valence electrons. The fraction of sp³-hybridized carbons (Fsp3) is 0.259. The van der Waals surface area contributed by atoms with Crippen LogP contribution in [0.25, 0.3) is 5.00 Å². The predicted octanol–water partition coefficient (Wildman–Crippen LogP) is 4.94. The van der Waals surface area contributed by atoms with Gasteiger partial charge in [-0.05, 0) is 44.5 Å². The summed E-state index contributed by atoms with van der Waals surface area (Å²) in [6.07, 6.45) is 0. The summed E-state index contributed by atoms with van der Waals surface area (Å²) >= 11 is 1.40. The lowest BCUT2D eigenvalue weighted by molar-refractivity contribution is -0.141. The van der Waals surface area contributed by atoms with Gasteiger partial charge in [0.1, 0.15) is 28.5 Å². The zero-order valence-electron chi connectivity index (χ0n) is 20.9.